The molecule has 0 spiro atoms. The van der Waals surface area contributed by atoms with Gasteiger partial charge in [0.15, 0.2) is 5.82 Å². The topological polar surface area (TPSA) is 9.23 Å². The maximum atomic E-state index is 15.0. The maximum Gasteiger partial charge on any atom is 0.153 e. The summed E-state index contributed by atoms with van der Waals surface area (Å²) in [4.78, 5) is 0. The second-order valence-electron chi connectivity index (χ2n) is 8.89. The van der Waals surface area contributed by atoms with Crippen LogP contribution >= 0.6 is 11.6 Å². The van der Waals surface area contributed by atoms with E-state index in [1.54, 1.807) is 6.07 Å². The number of unbranched alkanes of at least 4 members (excludes halogenated alkanes) is 1. The van der Waals surface area contributed by atoms with Gasteiger partial charge in [-0.2, -0.15) is 0 Å². The van der Waals surface area contributed by atoms with E-state index in [-0.39, 0.29) is 10.8 Å². The van der Waals surface area contributed by atoms with Crippen molar-refractivity contribution in [3.8, 4) is 16.9 Å². The van der Waals surface area contributed by atoms with Crippen molar-refractivity contribution in [2.75, 3.05) is 6.61 Å². The van der Waals surface area contributed by atoms with Crippen LogP contribution in [0.2, 0.25) is 5.02 Å². The first kappa shape index (κ1) is 24.3. The number of rotatable bonds is 8. The molecule has 1 unspecified atom stereocenters. The van der Waals surface area contributed by atoms with E-state index < -0.39 is 0 Å². The SMILES string of the molecule is CC=Cc1ccc(-c2ccc(C3CC=C(c4ccc(OCCCC)c(Cl)c4F)CC3)cc2)cc1. The molecule has 0 aliphatic heterocycles. The zero-order chi connectivity index (χ0) is 23.9. The van der Waals surface area contributed by atoms with Gasteiger partial charge in [-0.3, -0.25) is 0 Å². The minimum atomic E-state index is -0.370. The molecular weight excluding hydrogens is 443 g/mol. The van der Waals surface area contributed by atoms with E-state index in [0.29, 0.717) is 23.8 Å². The second-order valence-corrected chi connectivity index (χ2v) is 9.26. The quantitative estimate of drug-likeness (QED) is 0.295. The lowest BCUT2D eigenvalue weighted by Crippen LogP contribution is -2.06. The molecule has 0 saturated carbocycles. The lowest BCUT2D eigenvalue weighted by molar-refractivity contribution is 0.308. The number of hydrogen-bond acceptors (Lipinski definition) is 1. The van der Waals surface area contributed by atoms with E-state index in [2.05, 4.69) is 73.7 Å². The van der Waals surface area contributed by atoms with Crippen molar-refractivity contribution < 1.29 is 9.13 Å². The molecule has 0 saturated heterocycles. The standard InChI is InChI=1S/C31H32ClFO/c1-3-5-21-34-29-20-19-28(31(33)30(29)32)27-17-15-26(16-18-27)25-13-11-24(12-14-25)23-9-7-22(6-4-2)8-10-23/h4,6-14,17,19-20,26H,3,5,15-16,18,21H2,1-2H3. The van der Waals surface area contributed by atoms with Gasteiger partial charge in [-0.1, -0.05) is 91.7 Å². The third kappa shape index (κ3) is 5.62. The van der Waals surface area contributed by atoms with Gasteiger partial charge in [-0.25, -0.2) is 4.39 Å². The fraction of sp³-hybridized carbons (Fsp3) is 0.290. The molecule has 3 aromatic rings. The van der Waals surface area contributed by atoms with Crippen LogP contribution < -0.4 is 4.74 Å². The highest BCUT2D eigenvalue weighted by Gasteiger charge is 2.21. The first-order valence-electron chi connectivity index (χ1n) is 12.2. The third-order valence-corrected chi connectivity index (χ3v) is 6.90. The van der Waals surface area contributed by atoms with Gasteiger partial charge in [-0.05, 0) is 78.5 Å². The van der Waals surface area contributed by atoms with Gasteiger partial charge in [0.05, 0.1) is 6.61 Å². The highest BCUT2D eigenvalue weighted by Crippen LogP contribution is 2.40. The molecule has 4 rings (SSSR count). The first-order chi connectivity index (χ1) is 16.6. The van der Waals surface area contributed by atoms with E-state index in [4.69, 9.17) is 16.3 Å². The van der Waals surface area contributed by atoms with E-state index in [1.165, 1.54) is 22.3 Å². The zero-order valence-electron chi connectivity index (χ0n) is 20.0. The Bertz CT molecular complexity index is 1160. The van der Waals surface area contributed by atoms with Crippen LogP contribution in [0.25, 0.3) is 22.8 Å². The van der Waals surface area contributed by atoms with Crippen molar-refractivity contribution >= 4 is 23.3 Å². The summed E-state index contributed by atoms with van der Waals surface area (Å²) in [6.07, 6.45) is 11.0. The summed E-state index contributed by atoms with van der Waals surface area (Å²) < 4.78 is 20.6. The Balaban J connectivity index is 1.43. The van der Waals surface area contributed by atoms with Crippen molar-refractivity contribution in [2.45, 2.75) is 51.9 Å². The smallest absolute Gasteiger partial charge is 0.153 e. The number of hydrogen-bond donors (Lipinski definition) is 0. The summed E-state index contributed by atoms with van der Waals surface area (Å²) in [5.41, 5.74) is 6.63. The van der Waals surface area contributed by atoms with Gasteiger partial charge in [0.2, 0.25) is 0 Å². The molecule has 1 aliphatic rings. The summed E-state index contributed by atoms with van der Waals surface area (Å²) in [5, 5.41) is 0.0889. The fourth-order valence-electron chi connectivity index (χ4n) is 4.53. The monoisotopic (exact) mass is 474 g/mol. The van der Waals surface area contributed by atoms with Crippen molar-refractivity contribution in [3.63, 3.8) is 0 Å². The average molecular weight is 475 g/mol. The molecule has 3 aromatic carbocycles. The number of allylic oxidation sites excluding steroid dienone is 3. The van der Waals surface area contributed by atoms with Crippen LogP contribution in [0.3, 0.4) is 0 Å². The molecule has 0 bridgehead atoms. The van der Waals surface area contributed by atoms with Gasteiger partial charge >= 0.3 is 0 Å². The summed E-state index contributed by atoms with van der Waals surface area (Å²) in [6.45, 7) is 4.68. The Hall–Kier alpha value is -2.84. The highest BCUT2D eigenvalue weighted by molar-refractivity contribution is 6.32. The van der Waals surface area contributed by atoms with Crippen LogP contribution in [0.4, 0.5) is 4.39 Å². The molecule has 0 amide bonds. The minimum Gasteiger partial charge on any atom is -0.492 e. The predicted molar refractivity (Wildman–Crippen MR) is 143 cm³/mol. The first-order valence-corrected chi connectivity index (χ1v) is 12.6. The molecule has 3 heteroatoms. The van der Waals surface area contributed by atoms with Gasteiger partial charge < -0.3 is 4.74 Å². The third-order valence-electron chi connectivity index (χ3n) is 6.54. The van der Waals surface area contributed by atoms with Crippen LogP contribution in [0.1, 0.15) is 68.6 Å². The lowest BCUT2D eigenvalue weighted by Gasteiger charge is -2.23. The minimum absolute atomic E-state index is 0.0889. The molecule has 0 heterocycles. The van der Waals surface area contributed by atoms with Crippen molar-refractivity contribution in [1.29, 1.82) is 0 Å². The van der Waals surface area contributed by atoms with E-state index in [0.717, 1.165) is 37.7 Å². The Labute approximate surface area is 207 Å². The van der Waals surface area contributed by atoms with E-state index in [9.17, 15) is 4.39 Å². The second kappa shape index (κ2) is 11.5. The Morgan fingerprint density at radius 2 is 1.71 bits per heavy atom. The molecular formula is C31H32ClFO. The van der Waals surface area contributed by atoms with Crippen LogP contribution in [0, 0.1) is 5.82 Å². The maximum absolute atomic E-state index is 15.0. The fourth-order valence-corrected chi connectivity index (χ4v) is 4.75. The Morgan fingerprint density at radius 1 is 1.00 bits per heavy atom. The van der Waals surface area contributed by atoms with Crippen LogP contribution in [-0.4, -0.2) is 6.61 Å². The van der Waals surface area contributed by atoms with Crippen molar-refractivity contribution in [2.24, 2.45) is 0 Å². The van der Waals surface area contributed by atoms with Crippen LogP contribution in [0.5, 0.6) is 5.75 Å². The van der Waals surface area contributed by atoms with Gasteiger partial charge in [0.25, 0.3) is 0 Å². The average Bonchev–Trinajstić information content (AvgIpc) is 2.88. The summed E-state index contributed by atoms with van der Waals surface area (Å²) >= 11 is 6.28. The molecule has 0 N–H and O–H groups in total. The van der Waals surface area contributed by atoms with E-state index >= 15 is 0 Å². The van der Waals surface area contributed by atoms with Gasteiger partial charge in [0, 0.05) is 5.56 Å². The van der Waals surface area contributed by atoms with Crippen molar-refractivity contribution in [1.82, 2.24) is 0 Å². The number of benzene rings is 3. The molecule has 1 nitrogen and oxygen atoms in total. The number of ether oxygens (including phenoxy) is 1. The molecule has 1 aliphatic carbocycles. The van der Waals surface area contributed by atoms with E-state index in [1.807, 2.05) is 13.0 Å². The summed E-state index contributed by atoms with van der Waals surface area (Å²) in [5.74, 6) is 0.512. The van der Waals surface area contributed by atoms with Crippen LogP contribution in [-0.2, 0) is 0 Å². The summed E-state index contributed by atoms with van der Waals surface area (Å²) in [7, 11) is 0. The van der Waals surface area contributed by atoms with Crippen molar-refractivity contribution in [3.05, 3.63) is 100 Å². The van der Waals surface area contributed by atoms with Gasteiger partial charge in [-0.15, -0.1) is 0 Å². The molecule has 0 fully saturated rings. The molecule has 0 radical (unpaired) electrons. The van der Waals surface area contributed by atoms with Gasteiger partial charge in [0.1, 0.15) is 10.8 Å². The molecule has 1 atom stereocenters. The number of halogens is 2. The lowest BCUT2D eigenvalue weighted by atomic mass is 9.82. The zero-order valence-corrected chi connectivity index (χ0v) is 20.7. The molecule has 176 valence electrons. The van der Waals surface area contributed by atoms with Crippen LogP contribution in [0.15, 0.2) is 72.8 Å². The molecule has 34 heavy (non-hydrogen) atoms. The molecule has 0 aromatic heterocycles. The normalized spacial score (nSPS) is 16.0. The predicted octanol–water partition coefficient (Wildman–Crippen LogP) is 9.71. The summed E-state index contributed by atoms with van der Waals surface area (Å²) in [6, 6.07) is 21.1. The highest BCUT2D eigenvalue weighted by atomic mass is 35.5. The largest absolute Gasteiger partial charge is 0.492 e. The Kier molecular flexibility index (Phi) is 8.24. The Morgan fingerprint density at radius 3 is 2.32 bits per heavy atom.